The summed E-state index contributed by atoms with van der Waals surface area (Å²) in [6.45, 7) is 3.47. The number of ether oxygens (including phenoxy) is 4. The van der Waals surface area contributed by atoms with Crippen LogP contribution in [0.3, 0.4) is 0 Å². The number of cyclic esters (lactones) is 1. The summed E-state index contributed by atoms with van der Waals surface area (Å²) in [6, 6.07) is 5.35. The van der Waals surface area contributed by atoms with Gasteiger partial charge in [-0.25, -0.2) is 4.79 Å². The minimum Gasteiger partial charge on any atom is -0.496 e. The van der Waals surface area contributed by atoms with Crippen molar-refractivity contribution in [2.45, 2.75) is 19.4 Å². The van der Waals surface area contributed by atoms with Crippen LogP contribution >= 0.6 is 0 Å². The average Bonchev–Trinajstić information content (AvgIpc) is 2.79. The number of methoxy groups -OCH3 is 3. The minimum absolute atomic E-state index is 0.00250. The number of benzene rings is 1. The zero-order valence-electron chi connectivity index (χ0n) is 14.3. The molecule has 0 atom stereocenters. The highest BCUT2D eigenvalue weighted by atomic mass is 16.6. The Morgan fingerprint density at radius 1 is 1.08 bits per heavy atom. The Morgan fingerprint density at radius 3 is 2.12 bits per heavy atom. The smallest absolute Gasteiger partial charge is 0.350 e. The Hall–Kier alpha value is -2.94. The molecule has 6 nitrogen and oxygen atoms in total. The van der Waals surface area contributed by atoms with Gasteiger partial charge in [0.05, 0.1) is 26.9 Å². The molecule has 2 rings (SSSR count). The normalized spacial score (nSPS) is 16.1. The van der Waals surface area contributed by atoms with Crippen molar-refractivity contribution in [3.8, 4) is 23.3 Å². The quantitative estimate of drug-likeness (QED) is 0.773. The Bertz CT molecular complexity index is 743. The van der Waals surface area contributed by atoms with Crippen LogP contribution in [0.5, 0.6) is 17.2 Å². The summed E-state index contributed by atoms with van der Waals surface area (Å²) in [4.78, 5) is 11.8. The Labute approximate surface area is 140 Å². The van der Waals surface area contributed by atoms with Gasteiger partial charge >= 0.3 is 5.97 Å². The number of carbonyl (C=O) groups excluding carboxylic acids is 1. The SMILES string of the molecule is COc1cc(OC)c(/C=C/C2=C(C#N)C(=O)OC2(C)C)c(OC)c1. The van der Waals surface area contributed by atoms with E-state index in [1.54, 1.807) is 45.2 Å². The summed E-state index contributed by atoms with van der Waals surface area (Å²) < 4.78 is 21.2. The number of nitriles is 1. The number of nitrogens with zero attached hydrogens (tertiary/aromatic N) is 1. The summed E-state index contributed by atoms with van der Waals surface area (Å²) >= 11 is 0. The second kappa shape index (κ2) is 6.67. The van der Waals surface area contributed by atoms with Gasteiger partial charge in [0.25, 0.3) is 0 Å². The average molecular weight is 329 g/mol. The van der Waals surface area contributed by atoms with Crippen LogP contribution in [0.25, 0.3) is 6.08 Å². The van der Waals surface area contributed by atoms with Gasteiger partial charge in [-0.3, -0.25) is 0 Å². The van der Waals surface area contributed by atoms with Crippen LogP contribution in [0.4, 0.5) is 0 Å². The van der Waals surface area contributed by atoms with Crippen molar-refractivity contribution in [3.63, 3.8) is 0 Å². The fourth-order valence-corrected chi connectivity index (χ4v) is 2.50. The van der Waals surface area contributed by atoms with Crippen LogP contribution in [0, 0.1) is 11.3 Å². The van der Waals surface area contributed by atoms with Crippen molar-refractivity contribution >= 4 is 12.0 Å². The van der Waals surface area contributed by atoms with Gasteiger partial charge in [0, 0.05) is 17.7 Å². The van der Waals surface area contributed by atoms with E-state index in [0.717, 1.165) is 0 Å². The Morgan fingerprint density at radius 2 is 1.67 bits per heavy atom. The van der Waals surface area contributed by atoms with E-state index in [1.165, 1.54) is 14.2 Å². The summed E-state index contributed by atoms with van der Waals surface area (Å²) in [7, 11) is 4.63. The maximum Gasteiger partial charge on any atom is 0.350 e. The third-order valence-electron chi connectivity index (χ3n) is 3.75. The lowest BCUT2D eigenvalue weighted by Crippen LogP contribution is -2.22. The molecule has 0 aliphatic carbocycles. The van der Waals surface area contributed by atoms with Gasteiger partial charge in [0.15, 0.2) is 0 Å². The molecule has 1 heterocycles. The molecule has 0 spiro atoms. The highest BCUT2D eigenvalue weighted by Crippen LogP contribution is 2.37. The van der Waals surface area contributed by atoms with Crippen LogP contribution in [-0.2, 0) is 9.53 Å². The first-order valence-electron chi connectivity index (χ1n) is 7.24. The lowest BCUT2D eigenvalue weighted by atomic mass is 9.95. The molecule has 1 aliphatic heterocycles. The zero-order chi connectivity index (χ0) is 17.9. The van der Waals surface area contributed by atoms with E-state index in [9.17, 15) is 10.1 Å². The lowest BCUT2D eigenvalue weighted by molar-refractivity contribution is -0.144. The highest BCUT2D eigenvalue weighted by Gasteiger charge is 2.39. The molecule has 0 saturated carbocycles. The minimum atomic E-state index is -0.869. The predicted molar refractivity (Wildman–Crippen MR) is 87.9 cm³/mol. The molecular weight excluding hydrogens is 310 g/mol. The molecule has 1 aromatic carbocycles. The third kappa shape index (κ3) is 3.06. The van der Waals surface area contributed by atoms with Crippen LogP contribution in [-0.4, -0.2) is 32.9 Å². The van der Waals surface area contributed by atoms with Gasteiger partial charge in [-0.05, 0) is 19.9 Å². The molecule has 6 heteroatoms. The number of carbonyl (C=O) groups is 1. The second-order valence-electron chi connectivity index (χ2n) is 5.58. The summed E-state index contributed by atoms with van der Waals surface area (Å²) in [6.07, 6.45) is 3.41. The van der Waals surface area contributed by atoms with E-state index in [-0.39, 0.29) is 5.57 Å². The molecule has 0 aromatic heterocycles. The van der Waals surface area contributed by atoms with E-state index < -0.39 is 11.6 Å². The molecule has 1 aromatic rings. The van der Waals surface area contributed by atoms with Gasteiger partial charge < -0.3 is 18.9 Å². The van der Waals surface area contributed by atoms with Crippen LogP contribution in [0.15, 0.2) is 29.4 Å². The summed E-state index contributed by atoms with van der Waals surface area (Å²) in [5.74, 6) is 1.07. The number of hydrogen-bond acceptors (Lipinski definition) is 6. The van der Waals surface area contributed by atoms with Gasteiger partial charge in [-0.2, -0.15) is 5.26 Å². The van der Waals surface area contributed by atoms with E-state index in [1.807, 2.05) is 6.07 Å². The van der Waals surface area contributed by atoms with Crippen LogP contribution in [0.2, 0.25) is 0 Å². The van der Waals surface area contributed by atoms with E-state index in [4.69, 9.17) is 18.9 Å². The van der Waals surface area contributed by atoms with Gasteiger partial charge in [-0.1, -0.05) is 6.08 Å². The van der Waals surface area contributed by atoms with Crippen molar-refractivity contribution in [2.75, 3.05) is 21.3 Å². The van der Waals surface area contributed by atoms with Crippen molar-refractivity contribution < 1.29 is 23.7 Å². The fourth-order valence-electron chi connectivity index (χ4n) is 2.50. The van der Waals surface area contributed by atoms with E-state index in [2.05, 4.69) is 0 Å². The second-order valence-corrected chi connectivity index (χ2v) is 5.58. The summed E-state index contributed by atoms with van der Waals surface area (Å²) in [5, 5.41) is 9.20. The lowest BCUT2D eigenvalue weighted by Gasteiger charge is -2.19. The maximum absolute atomic E-state index is 11.8. The van der Waals surface area contributed by atoms with Gasteiger partial charge in [0.1, 0.15) is 34.5 Å². The fraction of sp³-hybridized carbons (Fsp3) is 0.333. The number of esters is 1. The first kappa shape index (κ1) is 17.4. The topological polar surface area (TPSA) is 77.8 Å². The van der Waals surface area contributed by atoms with Crippen LogP contribution < -0.4 is 14.2 Å². The number of hydrogen-bond donors (Lipinski definition) is 0. The molecule has 0 fully saturated rings. The molecule has 0 amide bonds. The molecular formula is C18H19NO5. The highest BCUT2D eigenvalue weighted by molar-refractivity contribution is 5.98. The first-order chi connectivity index (χ1) is 11.4. The molecule has 0 bridgehead atoms. The third-order valence-corrected chi connectivity index (χ3v) is 3.75. The molecule has 1 aliphatic rings. The zero-order valence-corrected chi connectivity index (χ0v) is 14.3. The van der Waals surface area contributed by atoms with Gasteiger partial charge in [0.2, 0.25) is 0 Å². The largest absolute Gasteiger partial charge is 0.496 e. The summed E-state index contributed by atoms with van der Waals surface area (Å²) in [5.41, 5.74) is 0.310. The van der Waals surface area contributed by atoms with Gasteiger partial charge in [-0.15, -0.1) is 0 Å². The predicted octanol–water partition coefficient (Wildman–Crippen LogP) is 2.88. The van der Waals surface area contributed by atoms with Crippen molar-refractivity contribution in [2.24, 2.45) is 0 Å². The van der Waals surface area contributed by atoms with Crippen molar-refractivity contribution in [3.05, 3.63) is 34.9 Å². The van der Waals surface area contributed by atoms with Crippen LogP contribution in [0.1, 0.15) is 19.4 Å². The molecule has 0 N–H and O–H groups in total. The maximum atomic E-state index is 11.8. The van der Waals surface area contributed by atoms with E-state index in [0.29, 0.717) is 28.4 Å². The van der Waals surface area contributed by atoms with E-state index >= 15 is 0 Å². The Balaban J connectivity index is 2.55. The molecule has 0 unspecified atom stereocenters. The molecule has 0 radical (unpaired) electrons. The van der Waals surface area contributed by atoms with Crippen molar-refractivity contribution in [1.82, 2.24) is 0 Å². The molecule has 0 saturated heterocycles. The Kier molecular flexibility index (Phi) is 4.84. The molecule has 126 valence electrons. The molecule has 24 heavy (non-hydrogen) atoms. The standard InChI is InChI=1S/C18H19NO5/c1-18(2)14(13(10-19)17(20)24-18)7-6-12-15(22-4)8-11(21-3)9-16(12)23-5/h6-9H,1-5H3/b7-6+. The van der Waals surface area contributed by atoms with Crippen molar-refractivity contribution in [1.29, 1.82) is 5.26 Å². The number of rotatable bonds is 5. The monoisotopic (exact) mass is 329 g/mol. The first-order valence-corrected chi connectivity index (χ1v) is 7.24.